The summed E-state index contributed by atoms with van der Waals surface area (Å²) in [7, 11) is 0. The SMILES string of the molecule is [CH2]CN(C[CH2])CCC(C)C. The number of hydrogen-bond donors (Lipinski definition) is 0. The van der Waals surface area contributed by atoms with E-state index in [1.807, 2.05) is 0 Å². The van der Waals surface area contributed by atoms with Crippen molar-refractivity contribution < 1.29 is 0 Å². The molecular weight excluding hydrogens is 122 g/mol. The third-order valence-electron chi connectivity index (χ3n) is 1.66. The molecule has 0 aromatic rings. The first-order valence-electron chi connectivity index (χ1n) is 4.01. The van der Waals surface area contributed by atoms with Crippen LogP contribution in [0.15, 0.2) is 0 Å². The van der Waals surface area contributed by atoms with Gasteiger partial charge >= 0.3 is 0 Å². The Balaban J connectivity index is 3.26. The molecule has 0 spiro atoms. The van der Waals surface area contributed by atoms with Crippen molar-refractivity contribution in [3.05, 3.63) is 13.8 Å². The highest BCUT2D eigenvalue weighted by molar-refractivity contribution is 4.60. The quantitative estimate of drug-likeness (QED) is 0.566. The molecule has 0 rings (SSSR count). The lowest BCUT2D eigenvalue weighted by Gasteiger charge is -2.18. The van der Waals surface area contributed by atoms with Gasteiger partial charge in [-0.05, 0) is 45.8 Å². The van der Waals surface area contributed by atoms with Crippen LogP contribution in [0.5, 0.6) is 0 Å². The lowest BCUT2D eigenvalue weighted by molar-refractivity contribution is 0.308. The smallest absolute Gasteiger partial charge is 0.00163 e. The summed E-state index contributed by atoms with van der Waals surface area (Å²) in [5.74, 6) is 0.792. The van der Waals surface area contributed by atoms with Gasteiger partial charge in [-0.25, -0.2) is 0 Å². The van der Waals surface area contributed by atoms with Crippen LogP contribution in [0, 0.1) is 19.8 Å². The Morgan fingerprint density at radius 1 is 1.20 bits per heavy atom. The van der Waals surface area contributed by atoms with E-state index >= 15 is 0 Å². The molecule has 0 heterocycles. The molecule has 0 saturated carbocycles. The van der Waals surface area contributed by atoms with Crippen molar-refractivity contribution in [3.63, 3.8) is 0 Å². The second-order valence-corrected chi connectivity index (χ2v) is 3.02. The predicted molar refractivity (Wildman–Crippen MR) is 46.6 cm³/mol. The fourth-order valence-electron chi connectivity index (χ4n) is 0.776. The minimum absolute atomic E-state index is 0.792. The van der Waals surface area contributed by atoms with Gasteiger partial charge in [0.1, 0.15) is 0 Å². The first-order valence-corrected chi connectivity index (χ1v) is 4.01. The molecule has 0 fully saturated rings. The average Bonchev–Trinajstić information content (AvgIpc) is 1.90. The zero-order chi connectivity index (χ0) is 7.98. The Labute approximate surface area is 65.4 Å². The molecule has 60 valence electrons. The fraction of sp³-hybridized carbons (Fsp3) is 0.778. The third kappa shape index (κ3) is 4.80. The maximum Gasteiger partial charge on any atom is -0.00163 e. The van der Waals surface area contributed by atoms with Gasteiger partial charge in [0, 0.05) is 0 Å². The standard InChI is InChI=1S/C9H19N/c1-5-10(6-2)8-7-9(3)4/h9H,1-2,5-8H2,3-4H3. The molecule has 0 unspecified atom stereocenters. The summed E-state index contributed by atoms with van der Waals surface area (Å²) >= 11 is 0. The summed E-state index contributed by atoms with van der Waals surface area (Å²) in [6, 6.07) is 0. The van der Waals surface area contributed by atoms with Gasteiger partial charge in [0.15, 0.2) is 0 Å². The molecule has 0 aliphatic carbocycles. The summed E-state index contributed by atoms with van der Waals surface area (Å²) in [5.41, 5.74) is 0. The highest BCUT2D eigenvalue weighted by Crippen LogP contribution is 2.00. The van der Waals surface area contributed by atoms with E-state index in [0.717, 1.165) is 25.6 Å². The number of rotatable bonds is 5. The molecule has 2 radical (unpaired) electrons. The minimum Gasteiger partial charge on any atom is -0.303 e. The average molecular weight is 141 g/mol. The molecule has 1 heteroatoms. The van der Waals surface area contributed by atoms with Crippen molar-refractivity contribution in [2.75, 3.05) is 19.6 Å². The van der Waals surface area contributed by atoms with Crippen molar-refractivity contribution in [3.8, 4) is 0 Å². The van der Waals surface area contributed by atoms with Crippen molar-refractivity contribution in [1.29, 1.82) is 0 Å². The van der Waals surface area contributed by atoms with E-state index < -0.39 is 0 Å². The lowest BCUT2D eigenvalue weighted by Crippen LogP contribution is -2.25. The van der Waals surface area contributed by atoms with Crippen LogP contribution >= 0.6 is 0 Å². The zero-order valence-corrected chi connectivity index (χ0v) is 7.27. The van der Waals surface area contributed by atoms with Gasteiger partial charge in [0.25, 0.3) is 0 Å². The molecule has 0 atom stereocenters. The van der Waals surface area contributed by atoms with Crippen molar-refractivity contribution in [2.45, 2.75) is 20.3 Å². The summed E-state index contributed by atoms with van der Waals surface area (Å²) in [6.45, 7) is 15.0. The maximum atomic E-state index is 3.82. The van der Waals surface area contributed by atoms with Crippen molar-refractivity contribution >= 4 is 0 Å². The molecule has 1 nitrogen and oxygen atoms in total. The van der Waals surface area contributed by atoms with E-state index in [9.17, 15) is 0 Å². The monoisotopic (exact) mass is 141 g/mol. The molecule has 0 bridgehead atoms. The van der Waals surface area contributed by atoms with Crippen LogP contribution in [0.2, 0.25) is 0 Å². The van der Waals surface area contributed by atoms with Crippen molar-refractivity contribution in [1.82, 2.24) is 4.90 Å². The van der Waals surface area contributed by atoms with Crippen LogP contribution in [-0.2, 0) is 0 Å². The molecule has 0 aliphatic heterocycles. The minimum atomic E-state index is 0.792. The zero-order valence-electron chi connectivity index (χ0n) is 7.27. The molecule has 0 aromatic heterocycles. The summed E-state index contributed by atoms with van der Waals surface area (Å²) in [5, 5.41) is 0. The molecule has 10 heavy (non-hydrogen) atoms. The highest BCUT2D eigenvalue weighted by Gasteiger charge is 1.99. The fourth-order valence-corrected chi connectivity index (χ4v) is 0.776. The highest BCUT2D eigenvalue weighted by atomic mass is 15.1. The van der Waals surface area contributed by atoms with Crippen LogP contribution in [0.25, 0.3) is 0 Å². The van der Waals surface area contributed by atoms with Gasteiger partial charge in [-0.1, -0.05) is 13.8 Å². The Morgan fingerprint density at radius 3 is 2.00 bits per heavy atom. The van der Waals surface area contributed by atoms with Crippen LogP contribution in [-0.4, -0.2) is 24.5 Å². The largest absolute Gasteiger partial charge is 0.303 e. The van der Waals surface area contributed by atoms with E-state index in [1.54, 1.807) is 0 Å². The first kappa shape index (κ1) is 9.96. The summed E-state index contributed by atoms with van der Waals surface area (Å²) in [4.78, 5) is 2.25. The summed E-state index contributed by atoms with van der Waals surface area (Å²) in [6.07, 6.45) is 1.26. The number of hydrogen-bond acceptors (Lipinski definition) is 1. The normalized spacial score (nSPS) is 11.4. The van der Waals surface area contributed by atoms with Gasteiger partial charge < -0.3 is 4.90 Å². The molecule has 0 aromatic carbocycles. The second-order valence-electron chi connectivity index (χ2n) is 3.02. The predicted octanol–water partition coefficient (Wildman–Crippen LogP) is 2.00. The summed E-state index contributed by atoms with van der Waals surface area (Å²) < 4.78 is 0. The van der Waals surface area contributed by atoms with Crippen LogP contribution < -0.4 is 0 Å². The van der Waals surface area contributed by atoms with Crippen LogP contribution in [0.1, 0.15) is 20.3 Å². The van der Waals surface area contributed by atoms with E-state index in [4.69, 9.17) is 0 Å². The molecular formula is C9H19N. The van der Waals surface area contributed by atoms with Gasteiger partial charge in [-0.15, -0.1) is 0 Å². The van der Waals surface area contributed by atoms with Crippen LogP contribution in [0.4, 0.5) is 0 Å². The van der Waals surface area contributed by atoms with E-state index in [2.05, 4.69) is 32.6 Å². The Hall–Kier alpha value is -0.0400. The van der Waals surface area contributed by atoms with Gasteiger partial charge in [0.05, 0.1) is 0 Å². The Bertz CT molecular complexity index is 65.1. The lowest BCUT2D eigenvalue weighted by atomic mass is 10.1. The molecule has 0 aliphatic rings. The second kappa shape index (κ2) is 5.72. The molecule has 0 amide bonds. The van der Waals surface area contributed by atoms with Gasteiger partial charge in [-0.2, -0.15) is 0 Å². The molecule has 0 saturated heterocycles. The van der Waals surface area contributed by atoms with Crippen LogP contribution in [0.3, 0.4) is 0 Å². The van der Waals surface area contributed by atoms with E-state index in [-0.39, 0.29) is 0 Å². The topological polar surface area (TPSA) is 3.24 Å². The first-order chi connectivity index (χ1) is 4.70. The van der Waals surface area contributed by atoms with Gasteiger partial charge in [-0.3, -0.25) is 0 Å². The molecule has 0 N–H and O–H groups in total. The Kier molecular flexibility index (Phi) is 5.70. The van der Waals surface area contributed by atoms with E-state index in [1.165, 1.54) is 6.42 Å². The van der Waals surface area contributed by atoms with Crippen molar-refractivity contribution in [2.24, 2.45) is 5.92 Å². The van der Waals surface area contributed by atoms with E-state index in [0.29, 0.717) is 0 Å². The Morgan fingerprint density at radius 2 is 1.70 bits per heavy atom. The van der Waals surface area contributed by atoms with Gasteiger partial charge in [0.2, 0.25) is 0 Å². The number of nitrogens with zero attached hydrogens (tertiary/aromatic N) is 1. The maximum absolute atomic E-state index is 3.82. The third-order valence-corrected chi connectivity index (χ3v) is 1.66.